The highest BCUT2D eigenvalue weighted by molar-refractivity contribution is 7.98. The average molecular weight is 463 g/mol. The lowest BCUT2D eigenvalue weighted by molar-refractivity contribution is -0.145. The highest BCUT2D eigenvalue weighted by Crippen LogP contribution is 2.20. The predicted octanol–water partition coefficient (Wildman–Crippen LogP) is 0.0879. The number of rotatable bonds is 12. The molecule has 1 aliphatic rings. The van der Waals surface area contributed by atoms with Crippen molar-refractivity contribution in [3.05, 3.63) is 0 Å². The van der Waals surface area contributed by atoms with Crippen LogP contribution in [0, 0.1) is 5.92 Å². The van der Waals surface area contributed by atoms with E-state index in [-0.39, 0.29) is 11.7 Å². The van der Waals surface area contributed by atoms with Gasteiger partial charge in [0.2, 0.25) is 17.7 Å². The number of amides is 3. The summed E-state index contributed by atoms with van der Waals surface area (Å²) in [4.78, 5) is 51.0. The van der Waals surface area contributed by atoms with E-state index in [1.165, 1.54) is 4.90 Å². The van der Waals surface area contributed by atoms with Crippen LogP contribution >= 0.6 is 24.4 Å². The molecule has 5 unspecified atom stereocenters. The van der Waals surface area contributed by atoms with E-state index < -0.39 is 47.9 Å². The Morgan fingerprint density at radius 3 is 2.50 bits per heavy atom. The number of nitrogens with two attached hydrogens (primary N) is 1. The molecule has 9 nitrogen and oxygen atoms in total. The Morgan fingerprint density at radius 1 is 1.30 bits per heavy atom. The number of carbonyl (C=O) groups is 4. The maximum absolute atomic E-state index is 13.0. The van der Waals surface area contributed by atoms with E-state index in [1.54, 1.807) is 18.7 Å². The molecule has 3 amide bonds. The van der Waals surface area contributed by atoms with E-state index in [2.05, 4.69) is 23.3 Å². The van der Waals surface area contributed by atoms with Gasteiger partial charge in [-0.05, 0) is 37.2 Å². The standard InChI is InChI=1S/C19H34N4O5S2/c1-4-11(2)15(19(27)28)22-17(25)14-6-5-8-23(14)18(26)13(10-29)21-16(24)12(20)7-9-30-3/h11-15,29H,4-10,20H2,1-3H3,(H,21,24)(H,22,25)(H,27,28). The third kappa shape index (κ3) is 7.35. The van der Waals surface area contributed by atoms with E-state index in [9.17, 15) is 24.3 Å². The second-order valence-electron chi connectivity index (χ2n) is 7.53. The monoisotopic (exact) mass is 462 g/mol. The van der Waals surface area contributed by atoms with Crippen LogP contribution in [0.4, 0.5) is 0 Å². The third-order valence-electron chi connectivity index (χ3n) is 5.38. The van der Waals surface area contributed by atoms with Gasteiger partial charge in [-0.3, -0.25) is 14.4 Å². The molecule has 0 aromatic rings. The molecule has 11 heteroatoms. The number of hydrogen-bond acceptors (Lipinski definition) is 7. The summed E-state index contributed by atoms with van der Waals surface area (Å²) in [5.41, 5.74) is 5.87. The molecular formula is C19H34N4O5S2. The van der Waals surface area contributed by atoms with Crippen molar-refractivity contribution in [2.24, 2.45) is 11.7 Å². The second-order valence-corrected chi connectivity index (χ2v) is 8.88. The van der Waals surface area contributed by atoms with Crippen LogP contribution in [0.25, 0.3) is 0 Å². The SMILES string of the molecule is CCC(C)C(NC(=O)C1CCCN1C(=O)C(CS)NC(=O)C(N)CCSC)C(=O)O. The van der Waals surface area contributed by atoms with Crippen LogP contribution in [-0.2, 0) is 19.2 Å². The molecule has 0 bridgehead atoms. The van der Waals surface area contributed by atoms with E-state index in [1.807, 2.05) is 13.2 Å². The molecule has 0 aromatic heterocycles. The Balaban J connectivity index is 2.82. The highest BCUT2D eigenvalue weighted by Gasteiger charge is 2.39. The molecule has 30 heavy (non-hydrogen) atoms. The van der Waals surface area contributed by atoms with E-state index >= 15 is 0 Å². The number of thiol groups is 1. The summed E-state index contributed by atoms with van der Waals surface area (Å²) >= 11 is 5.76. The minimum absolute atomic E-state index is 0.0648. The molecule has 0 saturated carbocycles. The van der Waals surface area contributed by atoms with Crippen LogP contribution in [0.3, 0.4) is 0 Å². The Kier molecular flexibility index (Phi) is 11.6. The lowest BCUT2D eigenvalue weighted by atomic mass is 9.98. The summed E-state index contributed by atoms with van der Waals surface area (Å²) < 4.78 is 0. The summed E-state index contributed by atoms with van der Waals surface area (Å²) in [5, 5.41) is 14.6. The van der Waals surface area contributed by atoms with Gasteiger partial charge in [-0.2, -0.15) is 24.4 Å². The first-order valence-electron chi connectivity index (χ1n) is 10.2. The molecule has 172 valence electrons. The van der Waals surface area contributed by atoms with Crippen LogP contribution in [0.2, 0.25) is 0 Å². The van der Waals surface area contributed by atoms with Gasteiger partial charge in [0.1, 0.15) is 18.1 Å². The molecule has 1 fully saturated rings. The first kappa shape index (κ1) is 26.6. The van der Waals surface area contributed by atoms with Gasteiger partial charge >= 0.3 is 5.97 Å². The number of carbonyl (C=O) groups excluding carboxylic acids is 3. The fourth-order valence-corrected chi connectivity index (χ4v) is 4.01. The number of likely N-dealkylation sites (tertiary alicyclic amines) is 1. The number of aliphatic carboxylic acids is 1. The predicted molar refractivity (Wildman–Crippen MR) is 121 cm³/mol. The zero-order valence-corrected chi connectivity index (χ0v) is 19.5. The van der Waals surface area contributed by atoms with Crippen LogP contribution in [0.1, 0.15) is 39.5 Å². The maximum atomic E-state index is 13.0. The van der Waals surface area contributed by atoms with Crippen LogP contribution in [0.5, 0.6) is 0 Å². The summed E-state index contributed by atoms with van der Waals surface area (Å²) in [5.74, 6) is -1.89. The van der Waals surface area contributed by atoms with Crippen LogP contribution in [0.15, 0.2) is 0 Å². The number of carboxylic acid groups (broad SMARTS) is 1. The fraction of sp³-hybridized carbons (Fsp3) is 0.789. The van der Waals surface area contributed by atoms with Crippen LogP contribution in [-0.4, -0.2) is 82.2 Å². The molecule has 0 aliphatic carbocycles. The molecular weight excluding hydrogens is 428 g/mol. The zero-order chi connectivity index (χ0) is 22.8. The molecule has 5 atom stereocenters. The lowest BCUT2D eigenvalue weighted by Crippen LogP contribution is -2.57. The van der Waals surface area contributed by atoms with Gasteiger partial charge in [0, 0.05) is 12.3 Å². The Bertz CT molecular complexity index is 622. The van der Waals surface area contributed by atoms with Crippen molar-refractivity contribution >= 4 is 48.1 Å². The molecule has 1 aliphatic heterocycles. The average Bonchev–Trinajstić information content (AvgIpc) is 3.22. The fourth-order valence-electron chi connectivity index (χ4n) is 3.28. The summed E-state index contributed by atoms with van der Waals surface area (Å²) in [7, 11) is 0. The maximum Gasteiger partial charge on any atom is 0.326 e. The first-order chi connectivity index (χ1) is 14.2. The van der Waals surface area contributed by atoms with Crippen molar-refractivity contribution in [1.29, 1.82) is 0 Å². The largest absolute Gasteiger partial charge is 0.480 e. The van der Waals surface area contributed by atoms with Gasteiger partial charge < -0.3 is 26.4 Å². The zero-order valence-electron chi connectivity index (χ0n) is 17.8. The molecule has 0 spiro atoms. The normalized spacial score (nSPS) is 20.2. The highest BCUT2D eigenvalue weighted by atomic mass is 32.2. The van der Waals surface area contributed by atoms with Crippen molar-refractivity contribution < 1.29 is 24.3 Å². The van der Waals surface area contributed by atoms with Gasteiger partial charge in [-0.15, -0.1) is 0 Å². The molecule has 0 aromatic carbocycles. The molecule has 5 N–H and O–H groups in total. The van der Waals surface area contributed by atoms with E-state index in [0.717, 1.165) is 5.75 Å². The molecule has 0 radical (unpaired) electrons. The van der Waals surface area contributed by atoms with Crippen molar-refractivity contribution in [3.8, 4) is 0 Å². The number of nitrogens with one attached hydrogen (secondary N) is 2. The molecule has 1 rings (SSSR count). The molecule has 1 heterocycles. The number of hydrogen-bond donors (Lipinski definition) is 5. The smallest absolute Gasteiger partial charge is 0.326 e. The number of nitrogens with zero attached hydrogens (tertiary/aromatic N) is 1. The summed E-state index contributed by atoms with van der Waals surface area (Å²) in [6.45, 7) is 3.96. The quantitative estimate of drug-likeness (QED) is 0.259. The van der Waals surface area contributed by atoms with Gasteiger partial charge in [0.05, 0.1) is 6.04 Å². The minimum atomic E-state index is -1.10. The van der Waals surface area contributed by atoms with Crippen molar-refractivity contribution in [3.63, 3.8) is 0 Å². The summed E-state index contributed by atoms with van der Waals surface area (Å²) in [6.07, 6.45) is 4.05. The first-order valence-corrected chi connectivity index (χ1v) is 12.2. The van der Waals surface area contributed by atoms with Gasteiger partial charge in [-0.25, -0.2) is 4.79 Å². The Labute approximate surface area is 187 Å². The lowest BCUT2D eigenvalue weighted by Gasteiger charge is -2.30. The Hall–Kier alpha value is -1.46. The van der Waals surface area contributed by atoms with E-state index in [0.29, 0.717) is 32.2 Å². The van der Waals surface area contributed by atoms with Crippen molar-refractivity contribution in [2.45, 2.75) is 63.7 Å². The molecule has 1 saturated heterocycles. The van der Waals surface area contributed by atoms with Gasteiger partial charge in [0.15, 0.2) is 0 Å². The van der Waals surface area contributed by atoms with E-state index in [4.69, 9.17) is 5.73 Å². The summed E-state index contributed by atoms with van der Waals surface area (Å²) in [6, 6.07) is -3.42. The number of carboxylic acids is 1. The van der Waals surface area contributed by atoms with Crippen molar-refractivity contribution in [1.82, 2.24) is 15.5 Å². The third-order valence-corrected chi connectivity index (χ3v) is 6.39. The van der Waals surface area contributed by atoms with Crippen molar-refractivity contribution in [2.75, 3.05) is 24.3 Å². The topological polar surface area (TPSA) is 142 Å². The second kappa shape index (κ2) is 13.1. The number of thioether (sulfide) groups is 1. The minimum Gasteiger partial charge on any atom is -0.480 e. The van der Waals surface area contributed by atoms with Gasteiger partial charge in [0.25, 0.3) is 0 Å². The van der Waals surface area contributed by atoms with Gasteiger partial charge in [-0.1, -0.05) is 20.3 Å². The van der Waals surface area contributed by atoms with Crippen LogP contribution < -0.4 is 16.4 Å². The Morgan fingerprint density at radius 2 is 1.97 bits per heavy atom.